The van der Waals surface area contributed by atoms with Gasteiger partial charge < -0.3 is 20.5 Å². The molecule has 0 spiro atoms. The van der Waals surface area contributed by atoms with Crippen LogP contribution in [-0.2, 0) is 0 Å². The number of rotatable bonds is 6. The quantitative estimate of drug-likeness (QED) is 0.669. The van der Waals surface area contributed by atoms with Crippen LogP contribution in [0, 0.1) is 0 Å². The highest BCUT2D eigenvalue weighted by Gasteiger charge is 2.23. The molecule has 0 bridgehead atoms. The summed E-state index contributed by atoms with van der Waals surface area (Å²) in [6.45, 7) is 2.64. The van der Waals surface area contributed by atoms with Crippen molar-refractivity contribution in [2.45, 2.75) is 29.9 Å². The van der Waals surface area contributed by atoms with E-state index >= 15 is 0 Å². The monoisotopic (exact) mass is 365 g/mol. The van der Waals surface area contributed by atoms with E-state index in [0.29, 0.717) is 27.2 Å². The summed E-state index contributed by atoms with van der Waals surface area (Å²) in [6.07, 6.45) is 1.40. The van der Waals surface area contributed by atoms with Gasteiger partial charge in [-0.05, 0) is 36.9 Å². The zero-order valence-corrected chi connectivity index (χ0v) is 14.5. The number of nitrogens with zero attached hydrogens (tertiary/aromatic N) is 1. The Morgan fingerprint density at radius 3 is 2.64 bits per heavy atom. The van der Waals surface area contributed by atoms with Crippen LogP contribution < -0.4 is 15.6 Å². The molecular weight excluding hydrogens is 345 g/mol. The van der Waals surface area contributed by atoms with Crippen molar-refractivity contribution in [3.8, 4) is 5.75 Å². The first-order valence-corrected chi connectivity index (χ1v) is 8.80. The van der Waals surface area contributed by atoms with Crippen molar-refractivity contribution < 1.29 is 9.84 Å². The number of aliphatic hydroxyl groups is 1. The molecule has 1 heterocycles. The second-order valence-corrected chi connectivity index (χ2v) is 6.74. The van der Waals surface area contributed by atoms with Gasteiger partial charge in [-0.25, -0.2) is 0 Å². The number of piperidine rings is 1. The molecule has 0 saturated carbocycles. The Morgan fingerprint density at radius 1 is 1.36 bits per heavy atom. The van der Waals surface area contributed by atoms with Gasteiger partial charge in [0.15, 0.2) is 0 Å². The Morgan fingerprint density at radius 2 is 2.05 bits per heavy atom. The van der Waals surface area contributed by atoms with Gasteiger partial charge in [0, 0.05) is 26.2 Å². The molecule has 2 rings (SSSR count). The SMILES string of the molecule is NCC(O)CN1CCC(Oc2ccc(Cl)c(Cl)c2SN)CC1. The van der Waals surface area contributed by atoms with Gasteiger partial charge in [0.05, 0.1) is 21.0 Å². The van der Waals surface area contributed by atoms with Crippen LogP contribution in [0.3, 0.4) is 0 Å². The first-order valence-electron chi connectivity index (χ1n) is 7.17. The molecular formula is C14H21Cl2N3O2S. The summed E-state index contributed by atoms with van der Waals surface area (Å²) in [4.78, 5) is 2.86. The number of aliphatic hydroxyl groups excluding tert-OH is 1. The van der Waals surface area contributed by atoms with Crippen LogP contribution in [0.25, 0.3) is 0 Å². The maximum Gasteiger partial charge on any atom is 0.136 e. The molecule has 0 amide bonds. The van der Waals surface area contributed by atoms with Gasteiger partial charge in [-0.1, -0.05) is 23.2 Å². The molecule has 8 heteroatoms. The number of hydrogen-bond donors (Lipinski definition) is 3. The lowest BCUT2D eigenvalue weighted by molar-refractivity contribution is 0.0631. The summed E-state index contributed by atoms with van der Waals surface area (Å²) >= 11 is 13.2. The standard InChI is InChI=1S/C14H21Cl2N3O2S/c15-11-1-2-12(14(22-18)13(11)16)21-10-3-5-19(6-4-10)8-9(20)7-17/h1-2,9-10,20H,3-8,17-18H2. The predicted octanol–water partition coefficient (Wildman–Crippen LogP) is 2.12. The van der Waals surface area contributed by atoms with Gasteiger partial charge in [-0.2, -0.15) is 0 Å². The Bertz CT molecular complexity index is 499. The Labute approximate surface area is 145 Å². The molecule has 5 nitrogen and oxygen atoms in total. The molecule has 1 aromatic carbocycles. The van der Waals surface area contributed by atoms with Crippen LogP contribution in [-0.4, -0.2) is 48.4 Å². The maximum atomic E-state index is 9.59. The number of nitrogens with two attached hydrogens (primary N) is 2. The number of benzene rings is 1. The molecule has 1 aromatic rings. The third-order valence-corrected chi connectivity index (χ3v) is 5.26. The smallest absolute Gasteiger partial charge is 0.136 e. The third kappa shape index (κ3) is 4.64. The highest BCUT2D eigenvalue weighted by Crippen LogP contribution is 2.39. The first kappa shape index (κ1) is 18.1. The van der Waals surface area contributed by atoms with Crippen molar-refractivity contribution >= 4 is 35.1 Å². The molecule has 5 N–H and O–H groups in total. The van der Waals surface area contributed by atoms with Gasteiger partial charge in [0.2, 0.25) is 0 Å². The fourth-order valence-electron chi connectivity index (χ4n) is 2.48. The van der Waals surface area contributed by atoms with E-state index in [2.05, 4.69) is 4.90 Å². The number of hydrogen-bond acceptors (Lipinski definition) is 6. The van der Waals surface area contributed by atoms with Crippen LogP contribution >= 0.6 is 35.1 Å². The van der Waals surface area contributed by atoms with Gasteiger partial charge in [0.1, 0.15) is 11.9 Å². The second kappa shape index (κ2) is 8.59. The van der Waals surface area contributed by atoms with Gasteiger partial charge >= 0.3 is 0 Å². The topological polar surface area (TPSA) is 84.7 Å². The van der Waals surface area contributed by atoms with Crippen molar-refractivity contribution in [2.24, 2.45) is 10.9 Å². The van der Waals surface area contributed by atoms with Crippen LogP contribution in [0.4, 0.5) is 0 Å². The first-order chi connectivity index (χ1) is 10.5. The van der Waals surface area contributed by atoms with Gasteiger partial charge in [-0.15, -0.1) is 0 Å². The van der Waals surface area contributed by atoms with E-state index in [-0.39, 0.29) is 12.6 Å². The van der Waals surface area contributed by atoms with Crippen molar-refractivity contribution in [3.63, 3.8) is 0 Å². The Balaban J connectivity index is 1.92. The fraction of sp³-hybridized carbons (Fsp3) is 0.571. The van der Waals surface area contributed by atoms with Crippen molar-refractivity contribution in [1.29, 1.82) is 0 Å². The number of ether oxygens (including phenoxy) is 1. The highest BCUT2D eigenvalue weighted by atomic mass is 35.5. The summed E-state index contributed by atoms with van der Waals surface area (Å²) in [7, 11) is 0. The molecule has 1 aliphatic rings. The molecule has 124 valence electrons. The van der Waals surface area contributed by atoms with Gasteiger partial charge in [-0.3, -0.25) is 5.14 Å². The van der Waals surface area contributed by atoms with Crippen molar-refractivity contribution in [1.82, 2.24) is 4.90 Å². The molecule has 1 fully saturated rings. The average Bonchev–Trinajstić information content (AvgIpc) is 2.53. The van der Waals surface area contributed by atoms with E-state index < -0.39 is 6.10 Å². The van der Waals surface area contributed by atoms with E-state index in [1.54, 1.807) is 12.1 Å². The molecule has 0 aliphatic carbocycles. The van der Waals surface area contributed by atoms with Crippen molar-refractivity contribution in [3.05, 3.63) is 22.2 Å². The predicted molar refractivity (Wildman–Crippen MR) is 91.7 cm³/mol. The summed E-state index contributed by atoms with van der Waals surface area (Å²) in [6, 6.07) is 3.51. The zero-order valence-electron chi connectivity index (χ0n) is 12.2. The lowest BCUT2D eigenvalue weighted by Gasteiger charge is -2.33. The molecule has 1 unspecified atom stereocenters. The maximum absolute atomic E-state index is 9.59. The minimum Gasteiger partial charge on any atom is -0.489 e. The lowest BCUT2D eigenvalue weighted by atomic mass is 10.1. The Kier molecular flexibility index (Phi) is 7.08. The lowest BCUT2D eigenvalue weighted by Crippen LogP contribution is -2.43. The largest absolute Gasteiger partial charge is 0.489 e. The third-order valence-electron chi connectivity index (χ3n) is 3.70. The van der Waals surface area contributed by atoms with Crippen molar-refractivity contribution in [2.75, 3.05) is 26.2 Å². The number of halogens is 2. The summed E-state index contributed by atoms with van der Waals surface area (Å²) in [5.74, 6) is 0.669. The summed E-state index contributed by atoms with van der Waals surface area (Å²) in [5, 5.41) is 16.1. The number of β-amino-alcohol motifs (C(OH)–C–C–N with tert-alkyl or cyclic N) is 1. The van der Waals surface area contributed by atoms with Gasteiger partial charge in [0.25, 0.3) is 0 Å². The van der Waals surface area contributed by atoms with E-state index in [1.165, 1.54) is 0 Å². The fourth-order valence-corrected chi connectivity index (χ4v) is 3.43. The second-order valence-electron chi connectivity index (χ2n) is 5.31. The molecule has 1 aliphatic heterocycles. The molecule has 1 atom stereocenters. The van der Waals surface area contributed by atoms with Crippen LogP contribution in [0.15, 0.2) is 17.0 Å². The normalized spacial score (nSPS) is 18.4. The number of likely N-dealkylation sites (tertiary alicyclic amines) is 1. The van der Waals surface area contributed by atoms with E-state index in [1.807, 2.05) is 0 Å². The van der Waals surface area contributed by atoms with E-state index in [9.17, 15) is 5.11 Å². The molecule has 1 saturated heterocycles. The highest BCUT2D eigenvalue weighted by molar-refractivity contribution is 7.97. The van der Waals surface area contributed by atoms with E-state index in [4.69, 9.17) is 38.8 Å². The van der Waals surface area contributed by atoms with Crippen LogP contribution in [0.1, 0.15) is 12.8 Å². The van der Waals surface area contributed by atoms with Crippen LogP contribution in [0.2, 0.25) is 10.0 Å². The minimum absolute atomic E-state index is 0.106. The average molecular weight is 366 g/mol. The van der Waals surface area contributed by atoms with E-state index in [0.717, 1.165) is 37.9 Å². The molecule has 0 radical (unpaired) electrons. The summed E-state index contributed by atoms with van der Waals surface area (Å²) in [5.41, 5.74) is 5.44. The van der Waals surface area contributed by atoms with Crippen LogP contribution in [0.5, 0.6) is 5.75 Å². The minimum atomic E-state index is -0.465. The summed E-state index contributed by atoms with van der Waals surface area (Å²) < 4.78 is 6.04. The molecule has 0 aromatic heterocycles. The Hall–Kier alpha value is -0.210. The molecule has 22 heavy (non-hydrogen) atoms. The zero-order chi connectivity index (χ0) is 16.1.